The van der Waals surface area contributed by atoms with Gasteiger partial charge in [-0.2, -0.15) is 0 Å². The minimum absolute atomic E-state index is 0.0133. The van der Waals surface area contributed by atoms with Crippen LogP contribution in [0.3, 0.4) is 0 Å². The minimum atomic E-state index is -4.73. The highest BCUT2D eigenvalue weighted by molar-refractivity contribution is 7.90. The standard InChI is InChI=1S/C32H34ClF2N3O12S/c1-18(37-19(2)30(41)20-10-21(34)12-22(35)11-20)16-48-28(39)7-3-4-8-29(40)49-17-50-32(44)38-51(45,46)27-13-24(31(42)43)26(14-25(27)33)36-15-23-6-5-9-47-23/h5-6,9-14,18-19,36-37H,3-4,7-8,15-17H2,1-2H3,(H,38,44)(H,42,43)/t18-,19+/m0/s1. The molecule has 3 aromatic rings. The van der Waals surface area contributed by atoms with Crippen molar-refractivity contribution in [3.63, 3.8) is 0 Å². The van der Waals surface area contributed by atoms with Gasteiger partial charge in [0, 0.05) is 30.5 Å². The van der Waals surface area contributed by atoms with Gasteiger partial charge in [0.2, 0.25) is 6.79 Å². The van der Waals surface area contributed by atoms with Gasteiger partial charge in [-0.3, -0.25) is 14.4 Å². The monoisotopic (exact) mass is 757 g/mol. The molecule has 51 heavy (non-hydrogen) atoms. The molecule has 2 aromatic carbocycles. The largest absolute Gasteiger partial charge is 0.478 e. The van der Waals surface area contributed by atoms with Gasteiger partial charge < -0.3 is 34.4 Å². The molecule has 19 heteroatoms. The summed E-state index contributed by atoms with van der Waals surface area (Å²) < 4.78 is 73.5. The number of aromatic carboxylic acids is 1. The number of nitrogens with one attached hydrogen (secondary N) is 3. The van der Waals surface area contributed by atoms with Crippen LogP contribution in [-0.4, -0.2) is 68.8 Å². The highest BCUT2D eigenvalue weighted by Gasteiger charge is 2.26. The maximum absolute atomic E-state index is 13.4. The Morgan fingerprint density at radius 3 is 2.20 bits per heavy atom. The first-order chi connectivity index (χ1) is 24.0. The van der Waals surface area contributed by atoms with Crippen LogP contribution in [-0.2, 0) is 40.4 Å². The van der Waals surface area contributed by atoms with Crippen LogP contribution in [0.25, 0.3) is 0 Å². The van der Waals surface area contributed by atoms with Crippen molar-refractivity contribution < 1.29 is 64.9 Å². The van der Waals surface area contributed by atoms with Crippen LogP contribution in [0.5, 0.6) is 0 Å². The average Bonchev–Trinajstić information content (AvgIpc) is 3.57. The zero-order chi connectivity index (χ0) is 37.7. The molecular weight excluding hydrogens is 724 g/mol. The summed E-state index contributed by atoms with van der Waals surface area (Å²) in [5.74, 6) is -4.73. The summed E-state index contributed by atoms with van der Waals surface area (Å²) in [5, 5.41) is 14.8. The molecule has 3 rings (SSSR count). The second kappa shape index (κ2) is 18.8. The predicted octanol–water partition coefficient (Wildman–Crippen LogP) is 4.79. The molecular formula is C32H34ClF2N3O12S. The number of rotatable bonds is 19. The first-order valence-electron chi connectivity index (χ1n) is 15.2. The Kier molecular flexibility index (Phi) is 14.9. The first-order valence-corrected chi connectivity index (χ1v) is 17.0. The molecule has 4 N–H and O–H groups in total. The van der Waals surface area contributed by atoms with Crippen molar-refractivity contribution in [2.75, 3.05) is 18.7 Å². The molecule has 0 aliphatic rings. The van der Waals surface area contributed by atoms with E-state index in [1.807, 2.05) is 0 Å². The summed E-state index contributed by atoms with van der Waals surface area (Å²) in [5.41, 5.74) is -0.621. The number of furan rings is 1. The second-order valence-corrected chi connectivity index (χ2v) is 13.0. The molecule has 0 fully saturated rings. The van der Waals surface area contributed by atoms with E-state index in [9.17, 15) is 46.3 Å². The van der Waals surface area contributed by atoms with Gasteiger partial charge in [0.05, 0.1) is 35.1 Å². The van der Waals surface area contributed by atoms with Gasteiger partial charge >= 0.3 is 24.0 Å². The van der Waals surface area contributed by atoms with Crippen LogP contribution in [0.4, 0.5) is 19.3 Å². The van der Waals surface area contributed by atoms with E-state index in [1.54, 1.807) is 23.8 Å². The van der Waals surface area contributed by atoms with Gasteiger partial charge in [-0.25, -0.2) is 31.5 Å². The number of amides is 1. The fourth-order valence-corrected chi connectivity index (χ4v) is 5.86. The van der Waals surface area contributed by atoms with Gasteiger partial charge in [0.15, 0.2) is 5.78 Å². The SMILES string of the molecule is C[C@@H](COC(=O)CCCCC(=O)OCOC(=O)NS(=O)(=O)c1cc(C(=O)O)c(NCc2ccco2)cc1Cl)N[C@H](C)C(=O)c1cc(F)cc(F)c1. The minimum Gasteiger partial charge on any atom is -0.478 e. The molecule has 276 valence electrons. The summed E-state index contributed by atoms with van der Waals surface area (Å²) in [6.45, 7) is 2.15. The Morgan fingerprint density at radius 1 is 0.941 bits per heavy atom. The third-order valence-electron chi connectivity index (χ3n) is 6.83. The number of hydrogen-bond acceptors (Lipinski definition) is 13. The summed E-state index contributed by atoms with van der Waals surface area (Å²) >= 11 is 6.09. The molecule has 1 aromatic heterocycles. The average molecular weight is 758 g/mol. The number of anilines is 1. The van der Waals surface area contributed by atoms with Crippen LogP contribution in [0.2, 0.25) is 5.02 Å². The first kappa shape index (κ1) is 40.4. The van der Waals surface area contributed by atoms with Crippen molar-refractivity contribution in [3.8, 4) is 0 Å². The van der Waals surface area contributed by atoms with Crippen LogP contribution in [0.1, 0.15) is 66.0 Å². The summed E-state index contributed by atoms with van der Waals surface area (Å²) in [7, 11) is -4.73. The number of carboxylic acids is 1. The van der Waals surface area contributed by atoms with Crippen LogP contribution >= 0.6 is 11.6 Å². The van der Waals surface area contributed by atoms with Gasteiger partial charge in [-0.15, -0.1) is 0 Å². The van der Waals surface area contributed by atoms with Crippen molar-refractivity contribution in [1.29, 1.82) is 0 Å². The molecule has 0 saturated carbocycles. The van der Waals surface area contributed by atoms with Crippen molar-refractivity contribution in [2.45, 2.75) is 63.1 Å². The van der Waals surface area contributed by atoms with E-state index in [1.165, 1.54) is 13.2 Å². The van der Waals surface area contributed by atoms with E-state index in [0.29, 0.717) is 11.8 Å². The molecule has 2 atom stereocenters. The highest BCUT2D eigenvalue weighted by Crippen LogP contribution is 2.29. The zero-order valence-electron chi connectivity index (χ0n) is 27.2. The van der Waals surface area contributed by atoms with E-state index in [-0.39, 0.29) is 50.1 Å². The topological polar surface area (TPSA) is 217 Å². The summed E-state index contributed by atoms with van der Waals surface area (Å²) in [6, 6.07) is 6.25. The third kappa shape index (κ3) is 13.0. The number of benzene rings is 2. The number of hydrogen-bond donors (Lipinski definition) is 4. The molecule has 0 bridgehead atoms. The fourth-order valence-electron chi connectivity index (χ4n) is 4.42. The molecule has 0 aliphatic carbocycles. The lowest BCUT2D eigenvalue weighted by atomic mass is 10.0. The Morgan fingerprint density at radius 2 is 1.59 bits per heavy atom. The Bertz CT molecular complexity index is 1820. The number of unbranched alkanes of at least 4 members (excludes halogenated alkanes) is 1. The molecule has 1 heterocycles. The molecule has 0 unspecified atom stereocenters. The lowest BCUT2D eigenvalue weighted by Gasteiger charge is -2.19. The van der Waals surface area contributed by atoms with E-state index in [2.05, 4.69) is 15.4 Å². The fraction of sp³-hybridized carbons (Fsp3) is 0.344. The highest BCUT2D eigenvalue weighted by atomic mass is 35.5. The molecule has 0 spiro atoms. The van der Waals surface area contributed by atoms with E-state index in [4.69, 9.17) is 25.5 Å². The van der Waals surface area contributed by atoms with Crippen molar-refractivity contribution >= 4 is 57.1 Å². The third-order valence-corrected chi connectivity index (χ3v) is 8.61. The van der Waals surface area contributed by atoms with Crippen molar-refractivity contribution in [1.82, 2.24) is 10.0 Å². The van der Waals surface area contributed by atoms with Gasteiger partial charge in [0.25, 0.3) is 10.0 Å². The number of halogens is 3. The zero-order valence-corrected chi connectivity index (χ0v) is 28.8. The molecule has 0 aliphatic heterocycles. The van der Waals surface area contributed by atoms with Crippen LogP contribution in [0, 0.1) is 11.6 Å². The number of sulfonamides is 1. The smallest absolute Gasteiger partial charge is 0.424 e. The Labute approximate surface area is 295 Å². The van der Waals surface area contributed by atoms with Crippen molar-refractivity contribution in [2.24, 2.45) is 0 Å². The number of ether oxygens (including phenoxy) is 3. The number of carbonyl (C=O) groups excluding carboxylic acids is 4. The second-order valence-electron chi connectivity index (χ2n) is 10.9. The van der Waals surface area contributed by atoms with E-state index < -0.39 is 85.8 Å². The summed E-state index contributed by atoms with van der Waals surface area (Å²) in [4.78, 5) is 59.6. The molecule has 1 amide bonds. The van der Waals surface area contributed by atoms with Crippen LogP contribution in [0.15, 0.2) is 58.0 Å². The van der Waals surface area contributed by atoms with E-state index in [0.717, 1.165) is 24.3 Å². The van der Waals surface area contributed by atoms with Crippen molar-refractivity contribution in [3.05, 3.63) is 82.3 Å². The number of carbonyl (C=O) groups is 5. The maximum Gasteiger partial charge on any atom is 0.424 e. The predicted molar refractivity (Wildman–Crippen MR) is 174 cm³/mol. The lowest BCUT2D eigenvalue weighted by molar-refractivity contribution is -0.152. The lowest BCUT2D eigenvalue weighted by Crippen LogP contribution is -2.42. The number of ketones is 1. The van der Waals surface area contributed by atoms with Gasteiger partial charge in [-0.05, 0) is 63.1 Å². The number of esters is 2. The van der Waals surface area contributed by atoms with Gasteiger partial charge in [0.1, 0.15) is 28.9 Å². The molecule has 15 nitrogen and oxygen atoms in total. The van der Waals surface area contributed by atoms with Crippen LogP contribution < -0.4 is 15.4 Å². The number of carboxylic acid groups (broad SMARTS) is 1. The quantitative estimate of drug-likeness (QED) is 0.0560. The molecule has 0 saturated heterocycles. The normalized spacial score (nSPS) is 12.3. The summed E-state index contributed by atoms with van der Waals surface area (Å²) in [6.07, 6.45) is 0.0593. The Hall–Kier alpha value is -5.07. The molecule has 0 radical (unpaired) electrons. The van der Waals surface area contributed by atoms with E-state index >= 15 is 0 Å². The maximum atomic E-state index is 13.4. The van der Waals surface area contributed by atoms with Gasteiger partial charge in [-0.1, -0.05) is 11.6 Å². The Balaban J connectivity index is 1.34. The number of Topliss-reactive ketones (excluding diaryl/α,β-unsaturated/α-hetero) is 1.